The van der Waals surface area contributed by atoms with Gasteiger partial charge in [0.05, 0.1) is 19.0 Å². The molecule has 99 heavy (non-hydrogen) atoms. The monoisotopic (exact) mass is 1380 g/mol. The van der Waals surface area contributed by atoms with Crippen LogP contribution in [0, 0.1) is 49.2 Å². The number of nitrogens with zero attached hydrogens (tertiary/aromatic N) is 9. The third-order valence-corrected chi connectivity index (χ3v) is 22.0. The predicted octanol–water partition coefficient (Wildman–Crippen LogP) is 5.62. The van der Waals surface area contributed by atoms with Gasteiger partial charge >= 0.3 is 0 Å². The molecule has 0 bridgehead atoms. The summed E-state index contributed by atoms with van der Waals surface area (Å²) in [6.07, 6.45) is 4.26. The second-order valence-electron chi connectivity index (χ2n) is 29.4. The summed E-state index contributed by atoms with van der Waals surface area (Å²) in [5.41, 5.74) is 0.0561. The van der Waals surface area contributed by atoms with E-state index in [0.717, 1.165) is 35.4 Å². The van der Waals surface area contributed by atoms with Crippen LogP contribution in [0.2, 0.25) is 0 Å². The Labute approximate surface area is 583 Å². The van der Waals surface area contributed by atoms with Crippen molar-refractivity contribution in [3.8, 4) is 0 Å². The number of carbonyl (C=O) groups is 12. The number of ketones is 1. The minimum Gasteiger partial charge on any atom is -0.347 e. The van der Waals surface area contributed by atoms with Crippen molar-refractivity contribution in [3.05, 3.63) is 70.3 Å². The van der Waals surface area contributed by atoms with E-state index in [-0.39, 0.29) is 100 Å². The second-order valence-corrected chi connectivity index (χ2v) is 29.4. The van der Waals surface area contributed by atoms with E-state index in [1.807, 2.05) is 58.9 Å². The highest BCUT2D eigenvalue weighted by atomic mass is 19.1. The fourth-order valence-corrected chi connectivity index (χ4v) is 15.2. The van der Waals surface area contributed by atoms with Gasteiger partial charge < -0.3 is 54.7 Å². The van der Waals surface area contributed by atoms with E-state index in [0.29, 0.717) is 44.1 Å². The first kappa shape index (κ1) is 78.5. The van der Waals surface area contributed by atoms with E-state index < -0.39 is 161 Å². The van der Waals surface area contributed by atoms with Gasteiger partial charge in [-0.2, -0.15) is 0 Å². The molecule has 0 unspecified atom stereocenters. The van der Waals surface area contributed by atoms with Gasteiger partial charge in [-0.3, -0.25) is 57.5 Å². The number of rotatable bonds is 12. The lowest BCUT2D eigenvalue weighted by molar-refractivity contribution is -0.161. The predicted molar refractivity (Wildman–Crippen MR) is 368 cm³/mol. The van der Waals surface area contributed by atoms with Crippen LogP contribution in [0.25, 0.3) is 0 Å². The molecule has 3 heterocycles. The molecule has 3 saturated heterocycles. The maximum Gasteiger partial charge on any atom is 0.248 e. The number of halogens is 2. The largest absolute Gasteiger partial charge is 0.347 e. The quantitative estimate of drug-likeness (QED) is 0.263. The molecule has 11 amide bonds. The molecule has 10 atom stereocenters. The summed E-state index contributed by atoms with van der Waals surface area (Å²) in [5, 5.41) is 5.86. The molecule has 2 aromatic rings. The molecular weight excluding hydrogens is 1270 g/mol. The number of benzene rings is 2. The molecule has 2 aliphatic carbocycles. The number of aryl methyl sites for hydroxylation is 2. The van der Waals surface area contributed by atoms with Crippen LogP contribution in [0.5, 0.6) is 0 Å². The summed E-state index contributed by atoms with van der Waals surface area (Å²) in [7, 11) is 10.3. The van der Waals surface area contributed by atoms with Crippen molar-refractivity contribution in [2.24, 2.45) is 23.7 Å². The first-order chi connectivity index (χ1) is 46.7. The van der Waals surface area contributed by atoms with E-state index in [2.05, 4.69) is 10.6 Å². The fraction of sp³-hybridized carbons (Fsp3) is 0.676. The molecule has 7 rings (SSSR count). The molecule has 1 spiro atoms. The Bertz CT molecular complexity index is 3290. The molecule has 2 saturated carbocycles. The highest BCUT2D eigenvalue weighted by molar-refractivity contribution is 6.01. The van der Waals surface area contributed by atoms with Gasteiger partial charge in [0.15, 0.2) is 5.78 Å². The van der Waals surface area contributed by atoms with Gasteiger partial charge in [0, 0.05) is 93.3 Å². The molecule has 23 nitrogen and oxygen atoms in total. The average molecular weight is 1380 g/mol. The van der Waals surface area contributed by atoms with E-state index in [1.165, 1.54) is 95.5 Å². The molecule has 5 aliphatic rings. The van der Waals surface area contributed by atoms with E-state index in [1.54, 1.807) is 13.8 Å². The molecule has 5 fully saturated rings. The van der Waals surface area contributed by atoms with Gasteiger partial charge in [-0.05, 0) is 133 Å². The maximum absolute atomic E-state index is 15.6. The molecular formula is C74H109F2N11O12. The lowest BCUT2D eigenvalue weighted by Crippen LogP contribution is -2.65. The molecule has 0 radical (unpaired) electrons. The zero-order valence-corrected chi connectivity index (χ0v) is 61.1. The fourth-order valence-electron chi connectivity index (χ4n) is 15.2. The highest BCUT2D eigenvalue weighted by Crippen LogP contribution is 2.38. The van der Waals surface area contributed by atoms with E-state index >= 15 is 37.5 Å². The minimum atomic E-state index is -1.55. The number of amides is 11. The van der Waals surface area contributed by atoms with Gasteiger partial charge in [-0.25, -0.2) is 8.78 Å². The van der Waals surface area contributed by atoms with Crippen molar-refractivity contribution < 1.29 is 66.3 Å². The summed E-state index contributed by atoms with van der Waals surface area (Å²) in [6.45, 7) is 13.5. The van der Waals surface area contributed by atoms with Gasteiger partial charge in [-0.1, -0.05) is 89.6 Å². The van der Waals surface area contributed by atoms with Gasteiger partial charge in [-0.15, -0.1) is 0 Å². The van der Waals surface area contributed by atoms with E-state index in [4.69, 9.17) is 0 Å². The summed E-state index contributed by atoms with van der Waals surface area (Å²) in [6, 6.07) is 0.00975. The summed E-state index contributed by atoms with van der Waals surface area (Å²) < 4.78 is 30.1. The van der Waals surface area contributed by atoms with E-state index in [9.17, 15) is 28.8 Å². The average Bonchev–Trinajstić information content (AvgIpc) is 1.21. The van der Waals surface area contributed by atoms with Crippen molar-refractivity contribution >= 4 is 70.8 Å². The SMILES string of the molecule is CC[C@H](C)[C@@H]1CC(=O)[C@H](CC(C)C)N(C)C(=O)C[C@@H](C(=O)N(C)C)N(C)C(=O)[C@H](C2CCCC2)N(C)C(=O)C2(CCCC2)NC(=O)[C@@H]2CCCN2C(=O)[C@H](CCc2cc(F)c(C)c(F)c2)NC(=O)CN(C)C(=O)[C@H](Cc2ccc(C)cc2)N(CC)C(=O)[C@@H]2CCN2C(=O)[C@H](C)N(C)C1=O. The molecule has 3 aliphatic heterocycles. The summed E-state index contributed by atoms with van der Waals surface area (Å²) in [5.74, 6) is -10.7. The number of Topliss-reactive ketones (excluding diaryl/α,β-unsaturated/α-hetero) is 1. The number of hydrogen-bond donors (Lipinski definition) is 2. The van der Waals surface area contributed by atoms with Gasteiger partial charge in [0.2, 0.25) is 65.0 Å². The van der Waals surface area contributed by atoms with Crippen LogP contribution in [-0.4, -0.2) is 244 Å². The molecule has 0 aromatic heterocycles. The van der Waals surface area contributed by atoms with Crippen molar-refractivity contribution in [1.82, 2.24) is 54.7 Å². The van der Waals surface area contributed by atoms with Crippen LogP contribution in [0.4, 0.5) is 8.78 Å². The summed E-state index contributed by atoms with van der Waals surface area (Å²) in [4.78, 5) is 192. The number of hydrogen-bond acceptors (Lipinski definition) is 12. The number of carbonyl (C=O) groups excluding carboxylic acids is 12. The maximum atomic E-state index is 15.6. The Morgan fingerprint density at radius 3 is 1.85 bits per heavy atom. The Morgan fingerprint density at radius 1 is 0.667 bits per heavy atom. The molecule has 25 heteroatoms. The van der Waals surface area contributed by atoms with Crippen molar-refractivity contribution in [2.75, 3.05) is 75.5 Å². The first-order valence-electron chi connectivity index (χ1n) is 35.8. The van der Waals surface area contributed by atoms with Crippen molar-refractivity contribution in [3.63, 3.8) is 0 Å². The highest BCUT2D eigenvalue weighted by Gasteiger charge is 2.52. The topological polar surface area (TPSA) is 258 Å². The third-order valence-electron chi connectivity index (χ3n) is 22.0. The van der Waals surface area contributed by atoms with Crippen molar-refractivity contribution in [2.45, 2.75) is 225 Å². The van der Waals surface area contributed by atoms with Crippen LogP contribution in [0.15, 0.2) is 36.4 Å². The van der Waals surface area contributed by atoms with Crippen LogP contribution in [0.1, 0.15) is 167 Å². The van der Waals surface area contributed by atoms with Crippen LogP contribution in [0.3, 0.4) is 0 Å². The van der Waals surface area contributed by atoms with Crippen LogP contribution >= 0.6 is 0 Å². The Balaban J connectivity index is 1.30. The molecule has 546 valence electrons. The van der Waals surface area contributed by atoms with Crippen LogP contribution in [-0.2, 0) is 70.4 Å². The Kier molecular flexibility index (Phi) is 27.0. The first-order valence-corrected chi connectivity index (χ1v) is 35.8. The zero-order chi connectivity index (χ0) is 73.2. The number of nitrogens with one attached hydrogen (secondary N) is 2. The van der Waals surface area contributed by atoms with Gasteiger partial charge in [0.1, 0.15) is 59.5 Å². The van der Waals surface area contributed by atoms with Crippen molar-refractivity contribution in [1.29, 1.82) is 0 Å². The van der Waals surface area contributed by atoms with Crippen LogP contribution < -0.4 is 10.6 Å². The normalized spacial score (nSPS) is 26.7. The third kappa shape index (κ3) is 18.0. The minimum absolute atomic E-state index is 0.00333. The summed E-state index contributed by atoms with van der Waals surface area (Å²) >= 11 is 0. The lowest BCUT2D eigenvalue weighted by atomic mass is 9.83. The Morgan fingerprint density at radius 2 is 1.28 bits per heavy atom. The molecule has 2 N–H and O–H groups in total. The zero-order valence-electron chi connectivity index (χ0n) is 61.1. The number of fused-ring (bicyclic) bond motifs is 2. The smallest absolute Gasteiger partial charge is 0.248 e. The number of likely N-dealkylation sites (N-methyl/N-ethyl adjacent to an activating group) is 7. The second kappa shape index (κ2) is 34.0. The lowest BCUT2D eigenvalue weighted by Gasteiger charge is -2.45. The van der Waals surface area contributed by atoms with Gasteiger partial charge in [0.25, 0.3) is 0 Å². The standard InChI is InChI=1S/C74H109F2N11O12/c1-16-46(6)52-41-61(88)58(37-44(3)4)82(13)63(90)42-59(69(95)79(9)10)83(14)72(98)64(51-23-18-19-24-51)84(15)73(99)74(33-20-21-34-74)78-65(91)56-25-22-35-86(56)68(94)55(31-30-50-38-53(75)47(7)54(76)39-50)77-62(89)43-80(11)70(96)60(40-49-28-26-45(5)27-29-49)85(17-2)71(97)57-32-36-87(57)66(92)48(8)81(12)67(52)93/h26-29,38-39,44,46,48,51-52,55-60,64H,16-25,30-37,40-43H2,1-15H3,(H,77,89)(H,78,91)/t46-,48-,52-,55-,56-,57-,58-,59-,60-,64-/m0/s1. The Hall–Kier alpha value is -7.86. The molecule has 2 aromatic carbocycles.